The van der Waals surface area contributed by atoms with Crippen LogP contribution in [0.5, 0.6) is 0 Å². The van der Waals surface area contributed by atoms with Crippen LogP contribution in [0.4, 0.5) is 0 Å². The fourth-order valence-corrected chi connectivity index (χ4v) is 3.65. The molecule has 0 saturated carbocycles. The molecule has 0 N–H and O–H groups in total. The summed E-state index contributed by atoms with van der Waals surface area (Å²) in [4.78, 5) is 12.1. The van der Waals surface area contributed by atoms with Crippen LogP contribution >= 0.6 is 31.9 Å². The highest BCUT2D eigenvalue weighted by atomic mass is 79.9. The number of ether oxygens (including phenoxy) is 1. The van der Waals surface area contributed by atoms with Crippen molar-refractivity contribution in [3.63, 3.8) is 0 Å². The van der Waals surface area contributed by atoms with Crippen LogP contribution < -0.4 is 0 Å². The number of rotatable bonds is 1. The molecule has 4 heteroatoms. The summed E-state index contributed by atoms with van der Waals surface area (Å²) in [7, 11) is 0. The van der Waals surface area contributed by atoms with Gasteiger partial charge in [0, 0.05) is 15.4 Å². The smallest absolute Gasteiger partial charge is 0.339 e. The number of hydrogen-bond donors (Lipinski definition) is 0. The van der Waals surface area contributed by atoms with Gasteiger partial charge < -0.3 is 4.74 Å². The van der Waals surface area contributed by atoms with E-state index in [4.69, 9.17) is 4.74 Å². The number of halogens is 2. The normalized spacial score (nSPS) is 17.8. The van der Waals surface area contributed by atoms with E-state index >= 15 is 0 Å². The lowest BCUT2D eigenvalue weighted by molar-refractivity contribution is 0.0252. The average molecular weight is 382 g/mol. The molecular weight excluding hydrogens is 372 g/mol. The molecule has 2 nitrogen and oxygen atoms in total. The molecule has 1 aliphatic rings. The molecule has 0 radical (unpaired) electrons. The fraction of sp³-hybridized carbons (Fsp3) is 0.133. The zero-order valence-electron chi connectivity index (χ0n) is 9.90. The van der Waals surface area contributed by atoms with Crippen molar-refractivity contribution in [2.45, 2.75) is 12.5 Å². The van der Waals surface area contributed by atoms with E-state index in [0.29, 0.717) is 12.0 Å². The summed E-state index contributed by atoms with van der Waals surface area (Å²) >= 11 is 6.91. The van der Waals surface area contributed by atoms with Crippen LogP contribution in [0.2, 0.25) is 0 Å². The molecular formula is C15H10Br2O2. The number of carbonyl (C=O) groups excluding carboxylic acids is 1. The van der Waals surface area contributed by atoms with Gasteiger partial charge in [-0.1, -0.05) is 62.2 Å². The predicted octanol–water partition coefficient (Wildman–Crippen LogP) is 4.67. The van der Waals surface area contributed by atoms with E-state index in [9.17, 15) is 4.79 Å². The van der Waals surface area contributed by atoms with Gasteiger partial charge in [-0.3, -0.25) is 0 Å². The Kier molecular flexibility index (Phi) is 3.46. The van der Waals surface area contributed by atoms with Crippen LogP contribution in [0.15, 0.2) is 51.4 Å². The van der Waals surface area contributed by atoms with E-state index in [1.165, 1.54) is 0 Å². The van der Waals surface area contributed by atoms with Crippen molar-refractivity contribution in [2.75, 3.05) is 0 Å². The number of hydrogen-bond acceptors (Lipinski definition) is 2. The van der Waals surface area contributed by atoms with Crippen molar-refractivity contribution < 1.29 is 9.53 Å². The van der Waals surface area contributed by atoms with E-state index in [1.807, 2.05) is 42.5 Å². The van der Waals surface area contributed by atoms with Gasteiger partial charge in [0.1, 0.15) is 6.10 Å². The van der Waals surface area contributed by atoms with Gasteiger partial charge in [0.05, 0.1) is 5.56 Å². The van der Waals surface area contributed by atoms with Crippen molar-refractivity contribution in [2.24, 2.45) is 0 Å². The quantitative estimate of drug-likeness (QED) is 0.671. The zero-order chi connectivity index (χ0) is 13.4. The van der Waals surface area contributed by atoms with E-state index < -0.39 is 0 Å². The summed E-state index contributed by atoms with van der Waals surface area (Å²) in [6.07, 6.45) is 0.484. The Labute approximate surface area is 128 Å². The Hall–Kier alpha value is -1.13. The Morgan fingerprint density at radius 3 is 2.58 bits per heavy atom. The summed E-state index contributed by atoms with van der Waals surface area (Å²) < 4.78 is 7.34. The molecule has 2 aromatic rings. The largest absolute Gasteiger partial charge is 0.454 e. The molecule has 96 valence electrons. The molecule has 0 saturated heterocycles. The monoisotopic (exact) mass is 380 g/mol. The van der Waals surface area contributed by atoms with Gasteiger partial charge in [0.25, 0.3) is 0 Å². The van der Waals surface area contributed by atoms with Crippen molar-refractivity contribution in [1.29, 1.82) is 0 Å². The lowest BCUT2D eigenvalue weighted by Crippen LogP contribution is -2.22. The molecule has 2 aromatic carbocycles. The van der Waals surface area contributed by atoms with Gasteiger partial charge in [0.2, 0.25) is 0 Å². The van der Waals surface area contributed by atoms with Crippen LogP contribution in [0.1, 0.15) is 27.6 Å². The Morgan fingerprint density at radius 1 is 1.11 bits per heavy atom. The molecule has 1 heterocycles. The Morgan fingerprint density at radius 2 is 1.84 bits per heavy atom. The van der Waals surface area contributed by atoms with Crippen molar-refractivity contribution in [3.05, 3.63) is 68.1 Å². The SMILES string of the molecule is O=C1OC(c2ccccc2)Cc2c(Br)cc(Br)cc21. The van der Waals surface area contributed by atoms with Crippen LogP contribution in [-0.4, -0.2) is 5.97 Å². The number of cyclic esters (lactones) is 1. The van der Waals surface area contributed by atoms with Crippen molar-refractivity contribution in [1.82, 2.24) is 0 Å². The van der Waals surface area contributed by atoms with Gasteiger partial charge in [-0.25, -0.2) is 4.79 Å². The van der Waals surface area contributed by atoms with Gasteiger partial charge in [-0.05, 0) is 23.3 Å². The average Bonchev–Trinajstić information content (AvgIpc) is 2.41. The first-order chi connectivity index (χ1) is 9.15. The maximum atomic E-state index is 12.1. The summed E-state index contributed by atoms with van der Waals surface area (Å²) in [5.41, 5.74) is 2.66. The minimum absolute atomic E-state index is 0.210. The van der Waals surface area contributed by atoms with Crippen LogP contribution in [-0.2, 0) is 11.2 Å². The van der Waals surface area contributed by atoms with E-state index in [-0.39, 0.29) is 12.1 Å². The number of benzene rings is 2. The molecule has 1 atom stereocenters. The molecule has 1 aliphatic heterocycles. The number of carbonyl (C=O) groups is 1. The van der Waals surface area contributed by atoms with Crippen LogP contribution in [0.3, 0.4) is 0 Å². The van der Waals surface area contributed by atoms with Gasteiger partial charge in [0.15, 0.2) is 0 Å². The fourth-order valence-electron chi connectivity index (χ4n) is 2.27. The molecule has 0 bridgehead atoms. The summed E-state index contributed by atoms with van der Waals surface area (Å²) in [5.74, 6) is -0.267. The third kappa shape index (κ3) is 2.47. The molecule has 19 heavy (non-hydrogen) atoms. The molecule has 0 fully saturated rings. The first kappa shape index (κ1) is 12.9. The highest BCUT2D eigenvalue weighted by Gasteiger charge is 2.29. The predicted molar refractivity (Wildman–Crippen MR) is 80.1 cm³/mol. The van der Waals surface area contributed by atoms with Crippen LogP contribution in [0.25, 0.3) is 0 Å². The second kappa shape index (κ2) is 5.10. The highest BCUT2D eigenvalue weighted by molar-refractivity contribution is 9.11. The van der Waals surface area contributed by atoms with Gasteiger partial charge in [-0.15, -0.1) is 0 Å². The van der Waals surface area contributed by atoms with E-state index in [2.05, 4.69) is 31.9 Å². The number of esters is 1. The van der Waals surface area contributed by atoms with E-state index in [1.54, 1.807) is 0 Å². The summed E-state index contributed by atoms with van der Waals surface area (Å²) in [5, 5.41) is 0. The first-order valence-electron chi connectivity index (χ1n) is 5.89. The Bertz CT molecular complexity index is 638. The van der Waals surface area contributed by atoms with Crippen LogP contribution in [0, 0.1) is 0 Å². The molecule has 0 aliphatic carbocycles. The maximum Gasteiger partial charge on any atom is 0.339 e. The molecule has 0 spiro atoms. The van der Waals surface area contributed by atoms with Gasteiger partial charge >= 0.3 is 5.97 Å². The van der Waals surface area contributed by atoms with Gasteiger partial charge in [-0.2, -0.15) is 0 Å². The highest BCUT2D eigenvalue weighted by Crippen LogP contribution is 2.36. The topological polar surface area (TPSA) is 26.3 Å². The third-order valence-electron chi connectivity index (χ3n) is 3.19. The van der Waals surface area contributed by atoms with Crippen molar-refractivity contribution in [3.8, 4) is 0 Å². The lowest BCUT2D eigenvalue weighted by Gasteiger charge is -2.26. The summed E-state index contributed by atoms with van der Waals surface area (Å²) in [6.45, 7) is 0. The molecule has 0 amide bonds. The van der Waals surface area contributed by atoms with E-state index in [0.717, 1.165) is 20.1 Å². The third-order valence-corrected chi connectivity index (χ3v) is 4.36. The minimum Gasteiger partial charge on any atom is -0.454 e. The zero-order valence-corrected chi connectivity index (χ0v) is 13.1. The second-order valence-electron chi connectivity index (χ2n) is 4.42. The maximum absolute atomic E-state index is 12.1. The first-order valence-corrected chi connectivity index (χ1v) is 7.47. The standard InChI is InChI=1S/C15H10Br2O2/c16-10-6-12-11(13(17)7-10)8-14(19-15(12)18)9-4-2-1-3-5-9/h1-7,14H,8H2. The summed E-state index contributed by atoms with van der Waals surface area (Å²) in [6, 6.07) is 13.6. The molecule has 3 rings (SSSR count). The molecule has 0 aromatic heterocycles. The number of fused-ring (bicyclic) bond motifs is 1. The second-order valence-corrected chi connectivity index (χ2v) is 6.19. The minimum atomic E-state index is -0.267. The Balaban J connectivity index is 2.03. The lowest BCUT2D eigenvalue weighted by atomic mass is 9.95. The molecule has 1 unspecified atom stereocenters. The van der Waals surface area contributed by atoms with Crippen molar-refractivity contribution >= 4 is 37.8 Å².